The molecule has 0 saturated heterocycles. The highest BCUT2D eigenvalue weighted by molar-refractivity contribution is 5.68. The molecule has 5 nitrogen and oxygen atoms in total. The molecule has 0 fully saturated rings. The average Bonchev–Trinajstić information content (AvgIpc) is 2.83. The molecule has 1 heterocycles. The quantitative estimate of drug-likeness (QED) is 0.565. The second-order valence-corrected chi connectivity index (χ2v) is 4.16. The van der Waals surface area contributed by atoms with Gasteiger partial charge < -0.3 is 9.26 Å². The van der Waals surface area contributed by atoms with Crippen LogP contribution in [0.2, 0.25) is 0 Å². The summed E-state index contributed by atoms with van der Waals surface area (Å²) in [4.78, 5) is 14.6. The summed E-state index contributed by atoms with van der Waals surface area (Å²) in [5, 5.41) is 3.52. The largest absolute Gasteiger partial charge is 0.469 e. The van der Waals surface area contributed by atoms with Crippen molar-refractivity contribution in [3.63, 3.8) is 0 Å². The molecule has 0 aliphatic carbocycles. The summed E-state index contributed by atoms with van der Waals surface area (Å²) in [6.07, 6.45) is 2.82. The highest BCUT2D eigenvalue weighted by Gasteiger charge is 2.32. The van der Waals surface area contributed by atoms with Crippen molar-refractivity contribution in [2.45, 2.75) is 38.0 Å². The Morgan fingerprint density at radius 2 is 2.32 bits per heavy atom. The van der Waals surface area contributed by atoms with E-state index in [1.165, 1.54) is 7.11 Å². The fourth-order valence-corrected chi connectivity index (χ4v) is 1.48. The molecule has 0 aliphatic heterocycles. The van der Waals surface area contributed by atoms with E-state index in [-0.39, 0.29) is 24.1 Å². The van der Waals surface area contributed by atoms with Crippen LogP contribution in [0.25, 0.3) is 0 Å². The van der Waals surface area contributed by atoms with Crippen LogP contribution in [0, 0.1) is 0 Å². The highest BCUT2D eigenvalue weighted by Crippen LogP contribution is 2.28. The molecule has 0 aromatic carbocycles. The van der Waals surface area contributed by atoms with Crippen LogP contribution in [0.4, 0.5) is 8.78 Å². The zero-order valence-electron chi connectivity index (χ0n) is 10.9. The van der Waals surface area contributed by atoms with Crippen molar-refractivity contribution in [2.75, 3.05) is 7.11 Å². The second kappa shape index (κ2) is 6.40. The maximum atomic E-state index is 13.0. The fraction of sp³-hybridized carbons (Fsp3) is 0.583. The third-order valence-corrected chi connectivity index (χ3v) is 2.56. The average molecular weight is 274 g/mol. The number of carbonyl (C=O) groups excluding carboxylic acids is 1. The number of hydrogen-bond donors (Lipinski definition) is 0. The molecular formula is C12H16F2N2O3. The van der Waals surface area contributed by atoms with Crippen molar-refractivity contribution < 1.29 is 22.8 Å². The van der Waals surface area contributed by atoms with Crippen LogP contribution in [0.15, 0.2) is 17.2 Å². The number of nitrogens with zero attached hydrogens (tertiary/aromatic N) is 2. The van der Waals surface area contributed by atoms with Crippen molar-refractivity contribution in [3.8, 4) is 0 Å². The molecule has 1 unspecified atom stereocenters. The summed E-state index contributed by atoms with van der Waals surface area (Å²) in [5.74, 6) is -4.39. The van der Waals surface area contributed by atoms with E-state index in [0.29, 0.717) is 19.8 Å². The molecule has 19 heavy (non-hydrogen) atoms. The standard InChI is InChI=1S/C12H16F2N2O3/c1-4-8(6-5-7-9(17)18-3)10-15-11(19-16-10)12(2,13)14/h4,8H,1,5-7H2,2-3H3. The van der Waals surface area contributed by atoms with Gasteiger partial charge in [0.1, 0.15) is 0 Å². The van der Waals surface area contributed by atoms with Crippen LogP contribution < -0.4 is 0 Å². The van der Waals surface area contributed by atoms with Crippen LogP contribution >= 0.6 is 0 Å². The van der Waals surface area contributed by atoms with Gasteiger partial charge in [-0.1, -0.05) is 11.2 Å². The highest BCUT2D eigenvalue weighted by atomic mass is 19.3. The molecule has 0 aliphatic rings. The van der Waals surface area contributed by atoms with Crippen molar-refractivity contribution in [1.29, 1.82) is 0 Å². The van der Waals surface area contributed by atoms with Gasteiger partial charge in [-0.05, 0) is 12.8 Å². The van der Waals surface area contributed by atoms with E-state index in [1.807, 2.05) is 0 Å². The van der Waals surface area contributed by atoms with Crippen molar-refractivity contribution in [2.24, 2.45) is 0 Å². The monoisotopic (exact) mass is 274 g/mol. The summed E-state index contributed by atoms with van der Waals surface area (Å²) in [6, 6.07) is 0. The summed E-state index contributed by atoms with van der Waals surface area (Å²) in [7, 11) is 1.31. The Labute approximate surface area is 109 Å². The normalized spacial score (nSPS) is 13.1. The third-order valence-electron chi connectivity index (χ3n) is 2.56. The predicted molar refractivity (Wildman–Crippen MR) is 62.7 cm³/mol. The maximum absolute atomic E-state index is 13.0. The molecule has 0 amide bonds. The molecule has 0 saturated carbocycles. The number of alkyl halides is 2. The zero-order chi connectivity index (χ0) is 14.5. The fourth-order valence-electron chi connectivity index (χ4n) is 1.48. The molecule has 0 bridgehead atoms. The molecule has 1 aromatic rings. The molecule has 1 rings (SSSR count). The van der Waals surface area contributed by atoms with Crippen LogP contribution in [0.1, 0.15) is 43.8 Å². The Hall–Kier alpha value is -1.79. The van der Waals surface area contributed by atoms with Crippen LogP contribution in [0.5, 0.6) is 0 Å². The minimum Gasteiger partial charge on any atom is -0.469 e. The van der Waals surface area contributed by atoms with E-state index >= 15 is 0 Å². The predicted octanol–water partition coefficient (Wildman–Crippen LogP) is 2.79. The Morgan fingerprint density at radius 3 is 2.79 bits per heavy atom. The summed E-state index contributed by atoms with van der Waals surface area (Å²) >= 11 is 0. The molecule has 1 atom stereocenters. The SMILES string of the molecule is C=CC(CCCC(=O)OC)c1noc(C(C)(F)F)n1. The molecule has 7 heteroatoms. The minimum absolute atomic E-state index is 0.149. The zero-order valence-corrected chi connectivity index (χ0v) is 10.9. The van der Waals surface area contributed by atoms with Gasteiger partial charge >= 0.3 is 11.9 Å². The van der Waals surface area contributed by atoms with E-state index in [4.69, 9.17) is 0 Å². The maximum Gasteiger partial charge on any atom is 0.322 e. The minimum atomic E-state index is -3.16. The van der Waals surface area contributed by atoms with Gasteiger partial charge in [0.05, 0.1) is 7.11 Å². The number of methoxy groups -OCH3 is 1. The number of carbonyl (C=O) groups is 1. The van der Waals surface area contributed by atoms with E-state index in [1.54, 1.807) is 6.08 Å². The topological polar surface area (TPSA) is 65.2 Å². The van der Waals surface area contributed by atoms with Crippen molar-refractivity contribution in [1.82, 2.24) is 10.1 Å². The van der Waals surface area contributed by atoms with Gasteiger partial charge in [-0.3, -0.25) is 4.79 Å². The van der Waals surface area contributed by atoms with E-state index in [0.717, 1.165) is 0 Å². The van der Waals surface area contributed by atoms with E-state index < -0.39 is 11.8 Å². The van der Waals surface area contributed by atoms with Crippen LogP contribution in [-0.2, 0) is 15.5 Å². The van der Waals surface area contributed by atoms with Gasteiger partial charge in [-0.2, -0.15) is 13.8 Å². The molecule has 0 spiro atoms. The number of esters is 1. The number of ether oxygens (including phenoxy) is 1. The number of hydrogen-bond acceptors (Lipinski definition) is 5. The molecule has 106 valence electrons. The number of allylic oxidation sites excluding steroid dienone is 1. The molecule has 1 aromatic heterocycles. The first-order valence-electron chi connectivity index (χ1n) is 5.79. The third kappa shape index (κ3) is 4.42. The lowest BCUT2D eigenvalue weighted by Gasteiger charge is -2.07. The summed E-state index contributed by atoms with van der Waals surface area (Å²) in [6.45, 7) is 4.29. The van der Waals surface area contributed by atoms with Gasteiger partial charge in [-0.25, -0.2) is 0 Å². The van der Waals surface area contributed by atoms with Crippen molar-refractivity contribution >= 4 is 5.97 Å². The smallest absolute Gasteiger partial charge is 0.322 e. The van der Waals surface area contributed by atoms with Gasteiger partial charge in [0.15, 0.2) is 5.82 Å². The van der Waals surface area contributed by atoms with Gasteiger partial charge in [-0.15, -0.1) is 6.58 Å². The first-order valence-corrected chi connectivity index (χ1v) is 5.79. The Bertz CT molecular complexity index is 440. The van der Waals surface area contributed by atoms with E-state index in [9.17, 15) is 13.6 Å². The molecular weight excluding hydrogens is 258 g/mol. The number of aromatic nitrogens is 2. The van der Waals surface area contributed by atoms with Gasteiger partial charge in [0.2, 0.25) is 0 Å². The molecule has 0 N–H and O–H groups in total. The lowest BCUT2D eigenvalue weighted by Crippen LogP contribution is -2.08. The van der Waals surface area contributed by atoms with Gasteiger partial charge in [0, 0.05) is 19.3 Å². The van der Waals surface area contributed by atoms with Crippen LogP contribution in [0.3, 0.4) is 0 Å². The summed E-state index contributed by atoms with van der Waals surface area (Å²) in [5.41, 5.74) is 0. The second-order valence-electron chi connectivity index (χ2n) is 4.16. The first kappa shape index (κ1) is 15.3. The van der Waals surface area contributed by atoms with Crippen LogP contribution in [-0.4, -0.2) is 23.2 Å². The van der Waals surface area contributed by atoms with E-state index in [2.05, 4.69) is 26.0 Å². The van der Waals surface area contributed by atoms with Gasteiger partial charge in [0.25, 0.3) is 5.89 Å². The number of halogens is 2. The van der Waals surface area contributed by atoms with Crippen molar-refractivity contribution in [3.05, 3.63) is 24.4 Å². The first-order chi connectivity index (χ1) is 8.88. The Morgan fingerprint density at radius 1 is 1.63 bits per heavy atom. The lowest BCUT2D eigenvalue weighted by molar-refractivity contribution is -0.140. The Balaban J connectivity index is 2.62. The Kier molecular flexibility index (Phi) is 5.14. The molecule has 0 radical (unpaired) electrons. The number of rotatable bonds is 7. The lowest BCUT2D eigenvalue weighted by atomic mass is 10.0. The summed E-state index contributed by atoms with van der Waals surface area (Å²) < 4.78 is 34.9.